The summed E-state index contributed by atoms with van der Waals surface area (Å²) in [4.78, 5) is 0. The van der Waals surface area contributed by atoms with Gasteiger partial charge in [-0.1, -0.05) is 25.1 Å². The predicted molar refractivity (Wildman–Crippen MR) is 54.1 cm³/mol. The zero-order valence-electron chi connectivity index (χ0n) is 8.31. The van der Waals surface area contributed by atoms with Gasteiger partial charge >= 0.3 is 0 Å². The first kappa shape index (κ1) is 11.0. The van der Waals surface area contributed by atoms with Crippen molar-refractivity contribution in [2.45, 2.75) is 13.5 Å². The molecule has 0 fully saturated rings. The third kappa shape index (κ3) is 3.01. The lowest BCUT2D eigenvalue weighted by atomic mass is 10.2. The molecule has 78 valence electrons. The molecule has 0 amide bonds. The molecule has 0 saturated carbocycles. The van der Waals surface area contributed by atoms with E-state index in [1.807, 2.05) is 31.2 Å². The maximum Gasteiger partial charge on any atom is 0.124 e. The maximum atomic E-state index is 9.01. The molecule has 1 atom stereocenters. The van der Waals surface area contributed by atoms with Gasteiger partial charge in [0.05, 0.1) is 13.2 Å². The molecule has 0 saturated heterocycles. The van der Waals surface area contributed by atoms with Crippen LogP contribution in [0.5, 0.6) is 5.75 Å². The second-order valence-corrected chi connectivity index (χ2v) is 3.36. The monoisotopic (exact) mass is 196 g/mol. The van der Waals surface area contributed by atoms with Crippen molar-refractivity contribution in [1.29, 1.82) is 0 Å². The van der Waals surface area contributed by atoms with Crippen molar-refractivity contribution in [3.8, 4) is 5.75 Å². The van der Waals surface area contributed by atoms with E-state index in [4.69, 9.17) is 14.9 Å². The zero-order valence-corrected chi connectivity index (χ0v) is 8.31. The van der Waals surface area contributed by atoms with E-state index in [0.717, 1.165) is 5.56 Å². The highest BCUT2D eigenvalue weighted by molar-refractivity contribution is 5.32. The Labute approximate surface area is 84.0 Å². The van der Waals surface area contributed by atoms with Gasteiger partial charge in [0, 0.05) is 18.1 Å². The summed E-state index contributed by atoms with van der Waals surface area (Å²) in [6, 6.07) is 7.35. The first-order chi connectivity index (χ1) is 6.77. The van der Waals surface area contributed by atoms with Crippen molar-refractivity contribution in [2.75, 3.05) is 13.2 Å². The third-order valence-electron chi connectivity index (χ3n) is 1.98. The Morgan fingerprint density at radius 1 is 1.29 bits per heavy atom. The summed E-state index contributed by atoms with van der Waals surface area (Å²) in [5.41, 5.74) is 0.776. The Morgan fingerprint density at radius 3 is 2.64 bits per heavy atom. The molecule has 0 aliphatic carbocycles. The van der Waals surface area contributed by atoms with Gasteiger partial charge in [0.2, 0.25) is 0 Å². The summed E-state index contributed by atoms with van der Waals surface area (Å²) in [5.74, 6) is 0.803. The standard InChI is InChI=1S/C11H16O3/c1-9(6-12)8-14-11-5-3-2-4-10(11)7-13/h2-5,9,12-13H,6-8H2,1H3. The van der Waals surface area contributed by atoms with Gasteiger partial charge in [-0.05, 0) is 6.07 Å². The van der Waals surface area contributed by atoms with Crippen LogP contribution in [0.4, 0.5) is 0 Å². The van der Waals surface area contributed by atoms with Crippen molar-refractivity contribution >= 4 is 0 Å². The van der Waals surface area contributed by atoms with Gasteiger partial charge in [-0.25, -0.2) is 0 Å². The Balaban J connectivity index is 2.57. The smallest absolute Gasteiger partial charge is 0.124 e. The minimum absolute atomic E-state index is 0.0241. The quantitative estimate of drug-likeness (QED) is 0.743. The van der Waals surface area contributed by atoms with Gasteiger partial charge in [0.1, 0.15) is 5.75 Å². The molecule has 0 heterocycles. The highest BCUT2D eigenvalue weighted by atomic mass is 16.5. The summed E-state index contributed by atoms with van der Waals surface area (Å²) in [6.45, 7) is 2.46. The van der Waals surface area contributed by atoms with Crippen LogP contribution in [0.2, 0.25) is 0 Å². The lowest BCUT2D eigenvalue weighted by molar-refractivity contribution is 0.171. The molecule has 0 aliphatic heterocycles. The van der Waals surface area contributed by atoms with Crippen molar-refractivity contribution in [3.05, 3.63) is 29.8 Å². The van der Waals surface area contributed by atoms with E-state index < -0.39 is 0 Å². The van der Waals surface area contributed by atoms with Crippen LogP contribution in [0.3, 0.4) is 0 Å². The topological polar surface area (TPSA) is 49.7 Å². The summed E-state index contributed by atoms with van der Waals surface area (Å²) >= 11 is 0. The molecule has 0 aliphatic rings. The molecule has 0 bridgehead atoms. The Kier molecular flexibility index (Phi) is 4.43. The van der Waals surface area contributed by atoms with Crippen LogP contribution in [0.1, 0.15) is 12.5 Å². The minimum Gasteiger partial charge on any atom is -0.493 e. The van der Waals surface area contributed by atoms with Gasteiger partial charge in [-0.3, -0.25) is 0 Å². The molecule has 0 aromatic heterocycles. The molecule has 0 spiro atoms. The molecule has 1 aromatic carbocycles. The fourth-order valence-electron chi connectivity index (χ4n) is 1.06. The molecule has 1 unspecified atom stereocenters. The molecular formula is C11H16O3. The fourth-order valence-corrected chi connectivity index (χ4v) is 1.06. The highest BCUT2D eigenvalue weighted by Crippen LogP contribution is 2.18. The molecule has 0 radical (unpaired) electrons. The predicted octanol–water partition coefficient (Wildman–Crippen LogP) is 1.19. The van der Waals surface area contributed by atoms with Gasteiger partial charge < -0.3 is 14.9 Å². The van der Waals surface area contributed by atoms with Crippen LogP contribution in [-0.4, -0.2) is 23.4 Å². The number of aliphatic hydroxyl groups is 2. The first-order valence-electron chi connectivity index (χ1n) is 4.70. The van der Waals surface area contributed by atoms with E-state index in [9.17, 15) is 0 Å². The first-order valence-corrected chi connectivity index (χ1v) is 4.70. The van der Waals surface area contributed by atoms with Gasteiger partial charge in [-0.15, -0.1) is 0 Å². The van der Waals surface area contributed by atoms with E-state index in [1.165, 1.54) is 0 Å². The van der Waals surface area contributed by atoms with Crippen molar-refractivity contribution < 1.29 is 14.9 Å². The number of aliphatic hydroxyl groups excluding tert-OH is 2. The van der Waals surface area contributed by atoms with Gasteiger partial charge in [0.25, 0.3) is 0 Å². The Hall–Kier alpha value is -1.06. The lowest BCUT2D eigenvalue weighted by Gasteiger charge is -2.12. The molecule has 1 rings (SSSR count). The van der Waals surface area contributed by atoms with E-state index in [0.29, 0.717) is 12.4 Å². The number of rotatable bonds is 5. The Morgan fingerprint density at radius 2 is 2.00 bits per heavy atom. The number of para-hydroxylation sites is 1. The molecule has 2 N–H and O–H groups in total. The maximum absolute atomic E-state index is 9.01. The summed E-state index contributed by atoms with van der Waals surface area (Å²) < 4.78 is 5.46. The highest BCUT2D eigenvalue weighted by Gasteiger charge is 2.04. The molecule has 14 heavy (non-hydrogen) atoms. The number of hydrogen-bond donors (Lipinski definition) is 2. The van der Waals surface area contributed by atoms with Crippen LogP contribution in [0.15, 0.2) is 24.3 Å². The third-order valence-corrected chi connectivity index (χ3v) is 1.98. The molecule has 3 heteroatoms. The van der Waals surface area contributed by atoms with E-state index in [1.54, 1.807) is 0 Å². The Bertz CT molecular complexity index is 273. The lowest BCUT2D eigenvalue weighted by Crippen LogP contribution is -2.12. The van der Waals surface area contributed by atoms with Crippen molar-refractivity contribution in [3.63, 3.8) is 0 Å². The van der Waals surface area contributed by atoms with Crippen molar-refractivity contribution in [1.82, 2.24) is 0 Å². The van der Waals surface area contributed by atoms with E-state index in [2.05, 4.69) is 0 Å². The minimum atomic E-state index is -0.0241. The van der Waals surface area contributed by atoms with Gasteiger partial charge in [0.15, 0.2) is 0 Å². The zero-order chi connectivity index (χ0) is 10.4. The number of benzene rings is 1. The van der Waals surface area contributed by atoms with Crippen molar-refractivity contribution in [2.24, 2.45) is 5.92 Å². The summed E-state index contributed by atoms with van der Waals surface area (Å²) in [7, 11) is 0. The largest absolute Gasteiger partial charge is 0.493 e. The number of ether oxygens (including phenoxy) is 1. The van der Waals surface area contributed by atoms with E-state index >= 15 is 0 Å². The molecule has 3 nitrogen and oxygen atoms in total. The number of hydrogen-bond acceptors (Lipinski definition) is 3. The van der Waals surface area contributed by atoms with Crippen LogP contribution in [0, 0.1) is 5.92 Å². The average Bonchev–Trinajstić information content (AvgIpc) is 2.26. The van der Waals surface area contributed by atoms with Crippen LogP contribution in [-0.2, 0) is 6.61 Å². The molecule has 1 aromatic rings. The average molecular weight is 196 g/mol. The van der Waals surface area contributed by atoms with Crippen LogP contribution in [0.25, 0.3) is 0 Å². The summed E-state index contributed by atoms with van der Waals surface area (Å²) in [5, 5.41) is 17.8. The van der Waals surface area contributed by atoms with Crippen LogP contribution < -0.4 is 4.74 Å². The summed E-state index contributed by atoms with van der Waals surface area (Å²) in [6.07, 6.45) is 0. The molecular weight excluding hydrogens is 180 g/mol. The van der Waals surface area contributed by atoms with Gasteiger partial charge in [-0.2, -0.15) is 0 Å². The second-order valence-electron chi connectivity index (χ2n) is 3.36. The second kappa shape index (κ2) is 5.62. The normalized spacial score (nSPS) is 12.5. The van der Waals surface area contributed by atoms with Crippen LogP contribution >= 0.6 is 0 Å². The SMILES string of the molecule is CC(CO)COc1ccccc1CO. The fraction of sp³-hybridized carbons (Fsp3) is 0.455. The van der Waals surface area contributed by atoms with E-state index in [-0.39, 0.29) is 19.1 Å².